The zero-order valence-electron chi connectivity index (χ0n) is 36.9. The summed E-state index contributed by atoms with van der Waals surface area (Å²) in [5.41, 5.74) is 22.4. The fourth-order valence-electron chi connectivity index (χ4n) is 11.4. The molecule has 1 unspecified atom stereocenters. The van der Waals surface area contributed by atoms with Gasteiger partial charge >= 0.3 is 0 Å². The number of para-hydroxylation sites is 1. The average molecular weight is 868 g/mol. The molecule has 0 bridgehead atoms. The maximum Gasteiger partial charge on any atom is 0.136 e. The second-order valence-electron chi connectivity index (χ2n) is 18.0. The van der Waals surface area contributed by atoms with Crippen LogP contribution in [0.1, 0.15) is 22.3 Å². The summed E-state index contributed by atoms with van der Waals surface area (Å²) in [5, 5.41) is 2.26. The van der Waals surface area contributed by atoms with Crippen molar-refractivity contribution in [3.8, 4) is 67.0 Å². The first kappa shape index (κ1) is 38.4. The van der Waals surface area contributed by atoms with E-state index in [4.69, 9.17) is 8.83 Å². The van der Waals surface area contributed by atoms with E-state index in [0.29, 0.717) is 0 Å². The highest BCUT2D eigenvalue weighted by atomic mass is 16.3. The predicted octanol–water partition coefficient (Wildman–Crippen LogP) is 17.7. The van der Waals surface area contributed by atoms with Crippen molar-refractivity contribution >= 4 is 39.0 Å². The molecule has 14 rings (SSSR count). The first-order chi connectivity index (χ1) is 33.7. The van der Waals surface area contributed by atoms with Crippen LogP contribution in [0.5, 0.6) is 0 Å². The Morgan fingerprint density at radius 2 is 0.838 bits per heavy atom. The summed E-state index contributed by atoms with van der Waals surface area (Å²) in [6, 6.07) is 88.5. The smallest absolute Gasteiger partial charge is 0.136 e. The Hall–Kier alpha value is -8.92. The van der Waals surface area contributed by atoms with Crippen LogP contribution in [0.4, 0.5) is 17.1 Å². The monoisotopic (exact) mass is 867 g/mol. The van der Waals surface area contributed by atoms with Crippen LogP contribution in [0.25, 0.3) is 88.9 Å². The molecule has 12 aromatic rings. The molecule has 318 valence electrons. The molecule has 1 spiro atoms. The van der Waals surface area contributed by atoms with Crippen LogP contribution in [-0.2, 0) is 5.41 Å². The summed E-state index contributed by atoms with van der Waals surface area (Å²) >= 11 is 0. The lowest BCUT2D eigenvalue weighted by Gasteiger charge is -2.36. The number of fused-ring (bicyclic) bond motifs is 15. The van der Waals surface area contributed by atoms with Crippen molar-refractivity contribution in [1.82, 2.24) is 0 Å². The molecular weight excluding hydrogens is 827 g/mol. The van der Waals surface area contributed by atoms with Crippen molar-refractivity contribution in [2.75, 3.05) is 4.90 Å². The zero-order valence-corrected chi connectivity index (χ0v) is 36.9. The van der Waals surface area contributed by atoms with Crippen LogP contribution in [0.15, 0.2) is 258 Å². The van der Waals surface area contributed by atoms with Gasteiger partial charge in [0.2, 0.25) is 0 Å². The highest BCUT2D eigenvalue weighted by Gasteiger charge is 2.50. The average Bonchev–Trinajstić information content (AvgIpc) is 4.14. The molecule has 2 aliphatic rings. The van der Waals surface area contributed by atoms with Crippen molar-refractivity contribution in [2.45, 2.75) is 5.41 Å². The quantitative estimate of drug-likeness (QED) is 0.167. The molecule has 3 heteroatoms. The number of furan rings is 2. The Balaban J connectivity index is 1.01. The molecule has 3 nitrogen and oxygen atoms in total. The van der Waals surface area contributed by atoms with Gasteiger partial charge in [-0.1, -0.05) is 170 Å². The molecule has 10 aromatic carbocycles. The Morgan fingerprint density at radius 1 is 0.294 bits per heavy atom. The fraction of sp³-hybridized carbons (Fsp3) is 0.0154. The van der Waals surface area contributed by atoms with E-state index in [0.717, 1.165) is 61.5 Å². The van der Waals surface area contributed by atoms with Gasteiger partial charge < -0.3 is 13.7 Å². The van der Waals surface area contributed by atoms with Crippen LogP contribution in [-0.4, -0.2) is 0 Å². The molecule has 0 saturated carbocycles. The number of rotatable bonds is 6. The predicted molar refractivity (Wildman–Crippen MR) is 279 cm³/mol. The van der Waals surface area contributed by atoms with Crippen molar-refractivity contribution in [3.05, 3.63) is 271 Å². The lowest BCUT2D eigenvalue weighted by molar-refractivity contribution is 0.582. The third-order valence-corrected chi connectivity index (χ3v) is 14.4. The van der Waals surface area contributed by atoms with E-state index in [-0.39, 0.29) is 0 Å². The van der Waals surface area contributed by atoms with Crippen molar-refractivity contribution in [1.29, 1.82) is 0 Å². The number of hydrogen-bond acceptors (Lipinski definition) is 3. The largest absolute Gasteiger partial charge is 0.464 e. The Labute approximate surface area is 394 Å². The molecule has 0 saturated heterocycles. The summed E-state index contributed by atoms with van der Waals surface area (Å²) in [4.78, 5) is 2.41. The van der Waals surface area contributed by atoms with Crippen LogP contribution >= 0.6 is 0 Å². The van der Waals surface area contributed by atoms with Crippen molar-refractivity contribution in [3.63, 3.8) is 0 Å². The van der Waals surface area contributed by atoms with Gasteiger partial charge in [0.05, 0.1) is 11.7 Å². The lowest BCUT2D eigenvalue weighted by Crippen LogP contribution is -2.29. The second kappa shape index (κ2) is 15.1. The zero-order chi connectivity index (χ0) is 44.8. The summed E-state index contributed by atoms with van der Waals surface area (Å²) < 4.78 is 12.4. The Bertz CT molecular complexity index is 3900. The standard InChI is InChI=1S/C65H41NO2/c1-2-14-42(15-3-1)43-27-31-47(32-28-43)66(48-33-29-44(30-34-48)45-16-12-17-46(38-45)62-26-13-37-67-62)49-35-36-60-55(39-49)51-19-5-4-18-50(51)52-20-6-9-23-58(52)65(60)59-24-10-7-21-53(59)56-41-64-57(40-61(56)65)54-22-8-11-25-63(54)68-64/h1-41H. The molecule has 0 N–H and O–H groups in total. The first-order valence-electron chi connectivity index (χ1n) is 23.3. The highest BCUT2D eigenvalue weighted by molar-refractivity contribution is 6.09. The van der Waals surface area contributed by atoms with Crippen molar-refractivity contribution < 1.29 is 8.83 Å². The third-order valence-electron chi connectivity index (χ3n) is 14.4. The van der Waals surface area contributed by atoms with Crippen LogP contribution in [0, 0.1) is 0 Å². The van der Waals surface area contributed by atoms with Gasteiger partial charge in [0.15, 0.2) is 0 Å². The van der Waals surface area contributed by atoms with Gasteiger partial charge in [0.25, 0.3) is 0 Å². The molecule has 0 fully saturated rings. The number of anilines is 3. The number of hydrogen-bond donors (Lipinski definition) is 0. The summed E-state index contributed by atoms with van der Waals surface area (Å²) in [7, 11) is 0. The molecule has 0 amide bonds. The van der Waals surface area contributed by atoms with E-state index in [9.17, 15) is 0 Å². The molecule has 2 aliphatic carbocycles. The van der Waals surface area contributed by atoms with E-state index in [1.807, 2.05) is 12.1 Å². The van der Waals surface area contributed by atoms with E-state index in [1.165, 1.54) is 66.8 Å². The molecule has 2 heterocycles. The topological polar surface area (TPSA) is 29.5 Å². The second-order valence-corrected chi connectivity index (χ2v) is 18.0. The third kappa shape index (κ3) is 5.72. The van der Waals surface area contributed by atoms with Gasteiger partial charge in [-0.25, -0.2) is 0 Å². The minimum atomic E-state index is -0.643. The minimum Gasteiger partial charge on any atom is -0.464 e. The fourth-order valence-corrected chi connectivity index (χ4v) is 11.4. The van der Waals surface area contributed by atoms with E-state index in [1.54, 1.807) is 6.26 Å². The van der Waals surface area contributed by atoms with Gasteiger partial charge in [-0.3, -0.25) is 0 Å². The van der Waals surface area contributed by atoms with Crippen molar-refractivity contribution in [2.24, 2.45) is 0 Å². The minimum absolute atomic E-state index is 0.643. The molecule has 68 heavy (non-hydrogen) atoms. The first-order valence-corrected chi connectivity index (χ1v) is 23.3. The normalized spacial score (nSPS) is 14.2. The van der Waals surface area contributed by atoms with Crippen LogP contribution in [0.2, 0.25) is 0 Å². The summed E-state index contributed by atoms with van der Waals surface area (Å²) in [6.45, 7) is 0. The molecule has 0 radical (unpaired) electrons. The van der Waals surface area contributed by atoms with Gasteiger partial charge in [-0.2, -0.15) is 0 Å². The van der Waals surface area contributed by atoms with E-state index >= 15 is 0 Å². The van der Waals surface area contributed by atoms with Gasteiger partial charge in [-0.05, 0) is 151 Å². The van der Waals surface area contributed by atoms with Gasteiger partial charge in [-0.15, -0.1) is 0 Å². The van der Waals surface area contributed by atoms with Crippen LogP contribution in [0.3, 0.4) is 0 Å². The van der Waals surface area contributed by atoms with E-state index < -0.39 is 5.41 Å². The molecular formula is C65H41NO2. The van der Waals surface area contributed by atoms with Crippen LogP contribution < -0.4 is 4.90 Å². The SMILES string of the molecule is c1ccc(-c2ccc(N(c3ccc(-c4cccc(-c5ccco5)c4)cc3)c3ccc4c(c3)-c3ccccc3-c3ccccc3C43c4ccccc4-c4cc5oc6ccccc6c5cc43)cc2)cc1. The number of benzene rings is 10. The number of nitrogens with zero attached hydrogens (tertiary/aromatic N) is 1. The maximum absolute atomic E-state index is 6.58. The maximum atomic E-state index is 6.58. The molecule has 1 atom stereocenters. The molecule has 0 aliphatic heterocycles. The Morgan fingerprint density at radius 3 is 1.56 bits per heavy atom. The summed E-state index contributed by atoms with van der Waals surface area (Å²) in [5.74, 6) is 0.857. The summed E-state index contributed by atoms with van der Waals surface area (Å²) in [6.07, 6.45) is 1.73. The highest BCUT2D eigenvalue weighted by Crippen LogP contribution is 2.62. The molecule has 2 aromatic heterocycles. The Kier molecular flexibility index (Phi) is 8.50. The van der Waals surface area contributed by atoms with Gasteiger partial charge in [0.1, 0.15) is 16.9 Å². The lowest BCUT2D eigenvalue weighted by atomic mass is 9.65. The van der Waals surface area contributed by atoms with Gasteiger partial charge in [0, 0.05) is 33.4 Å². The van der Waals surface area contributed by atoms with E-state index in [2.05, 4.69) is 235 Å².